The number of rotatable bonds is 5. The van der Waals surface area contributed by atoms with E-state index in [0.717, 1.165) is 32.4 Å². The van der Waals surface area contributed by atoms with E-state index in [-0.39, 0.29) is 11.9 Å². The lowest BCUT2D eigenvalue weighted by Crippen LogP contribution is -2.55. The third-order valence-electron chi connectivity index (χ3n) is 4.56. The van der Waals surface area contributed by atoms with E-state index >= 15 is 0 Å². The van der Waals surface area contributed by atoms with Crippen molar-refractivity contribution in [2.75, 3.05) is 19.6 Å². The van der Waals surface area contributed by atoms with E-state index in [1.165, 1.54) is 19.3 Å². The van der Waals surface area contributed by atoms with E-state index in [1.807, 2.05) is 0 Å². The predicted octanol–water partition coefficient (Wildman–Crippen LogP) is 1.53. The van der Waals surface area contributed by atoms with Gasteiger partial charge >= 0.3 is 0 Å². The minimum absolute atomic E-state index is 0.0380. The first-order valence-corrected chi connectivity index (χ1v) is 7.76. The van der Waals surface area contributed by atoms with E-state index in [9.17, 15) is 9.90 Å². The second-order valence-corrected chi connectivity index (χ2v) is 6.58. The number of hydrogen-bond donors (Lipinski definition) is 2. The normalized spacial score (nSPS) is 24.8. The van der Waals surface area contributed by atoms with Gasteiger partial charge in [0.25, 0.3) is 0 Å². The number of piperidine rings is 1. The Balaban J connectivity index is 1.88. The number of nitrogens with one attached hydrogen (secondary N) is 1. The Hall–Kier alpha value is -0.610. The van der Waals surface area contributed by atoms with Gasteiger partial charge in [0.15, 0.2) is 0 Å². The highest BCUT2D eigenvalue weighted by Gasteiger charge is 2.36. The largest absolute Gasteiger partial charge is 0.388 e. The summed E-state index contributed by atoms with van der Waals surface area (Å²) in [5.74, 6) is 0.409. The second-order valence-electron chi connectivity index (χ2n) is 6.58. The fourth-order valence-corrected chi connectivity index (χ4v) is 3.20. The van der Waals surface area contributed by atoms with Crippen LogP contribution in [0.1, 0.15) is 52.4 Å². The van der Waals surface area contributed by atoms with Crippen LogP contribution in [0, 0.1) is 5.92 Å². The molecular formula is C15H28N2O2. The Morgan fingerprint density at radius 1 is 1.21 bits per heavy atom. The maximum atomic E-state index is 12.4. The summed E-state index contributed by atoms with van der Waals surface area (Å²) in [6.07, 6.45) is 6.39. The van der Waals surface area contributed by atoms with Gasteiger partial charge in [-0.3, -0.25) is 9.69 Å². The van der Waals surface area contributed by atoms with Crippen molar-refractivity contribution >= 4 is 5.91 Å². The number of likely N-dealkylation sites (tertiary alicyclic amines) is 1. The molecule has 1 atom stereocenters. The summed E-state index contributed by atoms with van der Waals surface area (Å²) < 4.78 is 0. The van der Waals surface area contributed by atoms with Crippen LogP contribution >= 0.6 is 0 Å². The van der Waals surface area contributed by atoms with Crippen LogP contribution in [0.5, 0.6) is 0 Å². The Bertz CT molecular complexity index is 307. The molecule has 19 heavy (non-hydrogen) atoms. The monoisotopic (exact) mass is 268 g/mol. The summed E-state index contributed by atoms with van der Waals surface area (Å²) in [6, 6.07) is -0.0380. The topological polar surface area (TPSA) is 52.6 Å². The number of hydrogen-bond acceptors (Lipinski definition) is 3. The van der Waals surface area contributed by atoms with Crippen molar-refractivity contribution in [1.29, 1.82) is 0 Å². The van der Waals surface area contributed by atoms with Crippen LogP contribution in [0.15, 0.2) is 0 Å². The zero-order valence-corrected chi connectivity index (χ0v) is 12.3. The molecule has 2 rings (SSSR count). The Labute approximate surface area is 116 Å². The Morgan fingerprint density at radius 2 is 1.84 bits per heavy atom. The SMILES string of the molecule is CC(C)C(C(=O)NCC1(O)CCC1)N1CCCCC1. The van der Waals surface area contributed by atoms with Crippen molar-refractivity contribution in [2.45, 2.75) is 64.0 Å². The highest BCUT2D eigenvalue weighted by atomic mass is 16.3. The molecule has 4 heteroatoms. The molecule has 0 aromatic carbocycles. The van der Waals surface area contributed by atoms with Gasteiger partial charge in [-0.05, 0) is 51.1 Å². The molecule has 4 nitrogen and oxygen atoms in total. The molecule has 0 radical (unpaired) electrons. The van der Waals surface area contributed by atoms with E-state index in [1.54, 1.807) is 0 Å². The molecule has 1 unspecified atom stereocenters. The average Bonchev–Trinajstić information content (AvgIpc) is 2.35. The molecule has 1 saturated carbocycles. The van der Waals surface area contributed by atoms with Gasteiger partial charge in [-0.25, -0.2) is 0 Å². The lowest BCUT2D eigenvalue weighted by Gasteiger charge is -2.39. The van der Waals surface area contributed by atoms with Crippen LogP contribution in [-0.2, 0) is 4.79 Å². The van der Waals surface area contributed by atoms with Gasteiger partial charge in [0.2, 0.25) is 5.91 Å². The number of carbonyl (C=O) groups is 1. The van der Waals surface area contributed by atoms with Crippen molar-refractivity contribution in [3.05, 3.63) is 0 Å². The lowest BCUT2D eigenvalue weighted by atomic mass is 9.80. The van der Waals surface area contributed by atoms with Gasteiger partial charge in [0.05, 0.1) is 11.6 Å². The van der Waals surface area contributed by atoms with Crippen LogP contribution < -0.4 is 5.32 Å². The smallest absolute Gasteiger partial charge is 0.237 e. The Morgan fingerprint density at radius 3 is 2.32 bits per heavy atom. The first kappa shape index (κ1) is 14.8. The first-order valence-electron chi connectivity index (χ1n) is 7.76. The van der Waals surface area contributed by atoms with Crippen LogP contribution in [0.2, 0.25) is 0 Å². The molecule has 1 aliphatic heterocycles. The zero-order valence-electron chi connectivity index (χ0n) is 12.3. The highest BCUT2D eigenvalue weighted by molar-refractivity contribution is 5.82. The molecule has 0 spiro atoms. The minimum Gasteiger partial charge on any atom is -0.388 e. The van der Waals surface area contributed by atoms with E-state index in [4.69, 9.17) is 0 Å². The summed E-state index contributed by atoms with van der Waals surface area (Å²) in [4.78, 5) is 14.7. The summed E-state index contributed by atoms with van der Waals surface area (Å²) in [7, 11) is 0. The fraction of sp³-hybridized carbons (Fsp3) is 0.933. The van der Waals surface area contributed by atoms with Crippen LogP contribution in [0.4, 0.5) is 0 Å². The molecular weight excluding hydrogens is 240 g/mol. The molecule has 1 amide bonds. The van der Waals surface area contributed by atoms with Gasteiger partial charge in [-0.1, -0.05) is 20.3 Å². The molecule has 0 bridgehead atoms. The zero-order chi connectivity index (χ0) is 13.9. The van der Waals surface area contributed by atoms with E-state index < -0.39 is 5.60 Å². The summed E-state index contributed by atoms with van der Waals surface area (Å²) in [5, 5.41) is 13.0. The fourth-order valence-electron chi connectivity index (χ4n) is 3.20. The molecule has 2 N–H and O–H groups in total. The van der Waals surface area contributed by atoms with Crippen LogP contribution in [-0.4, -0.2) is 47.2 Å². The summed E-state index contributed by atoms with van der Waals surface area (Å²) in [6.45, 7) is 6.69. The molecule has 1 aliphatic carbocycles. The van der Waals surface area contributed by atoms with Gasteiger partial charge in [0.1, 0.15) is 0 Å². The predicted molar refractivity (Wildman–Crippen MR) is 75.9 cm³/mol. The Kier molecular flexibility index (Phi) is 4.85. The highest BCUT2D eigenvalue weighted by Crippen LogP contribution is 2.30. The number of carbonyl (C=O) groups excluding carboxylic acids is 1. The summed E-state index contributed by atoms with van der Waals surface area (Å²) >= 11 is 0. The summed E-state index contributed by atoms with van der Waals surface area (Å²) in [5.41, 5.74) is -0.626. The molecule has 110 valence electrons. The maximum absolute atomic E-state index is 12.4. The van der Waals surface area contributed by atoms with Crippen molar-refractivity contribution in [1.82, 2.24) is 10.2 Å². The first-order chi connectivity index (χ1) is 9.02. The second kappa shape index (κ2) is 6.23. The minimum atomic E-state index is -0.626. The van der Waals surface area contributed by atoms with Crippen LogP contribution in [0.25, 0.3) is 0 Å². The standard InChI is InChI=1S/C15H28N2O2/c1-12(2)13(17-9-4-3-5-10-17)14(18)16-11-15(19)7-6-8-15/h12-13,19H,3-11H2,1-2H3,(H,16,18). The quantitative estimate of drug-likeness (QED) is 0.795. The number of nitrogens with zero attached hydrogens (tertiary/aromatic N) is 1. The molecule has 1 saturated heterocycles. The van der Waals surface area contributed by atoms with E-state index in [0.29, 0.717) is 12.5 Å². The van der Waals surface area contributed by atoms with Gasteiger partial charge in [-0.15, -0.1) is 0 Å². The van der Waals surface area contributed by atoms with Crippen molar-refractivity contribution < 1.29 is 9.90 Å². The van der Waals surface area contributed by atoms with Crippen molar-refractivity contribution in [3.8, 4) is 0 Å². The van der Waals surface area contributed by atoms with Crippen molar-refractivity contribution in [3.63, 3.8) is 0 Å². The third-order valence-corrected chi connectivity index (χ3v) is 4.56. The number of aliphatic hydroxyl groups is 1. The maximum Gasteiger partial charge on any atom is 0.237 e. The average molecular weight is 268 g/mol. The van der Waals surface area contributed by atoms with Gasteiger partial charge < -0.3 is 10.4 Å². The molecule has 2 aliphatic rings. The van der Waals surface area contributed by atoms with Crippen LogP contribution in [0.3, 0.4) is 0 Å². The lowest BCUT2D eigenvalue weighted by molar-refractivity contribution is -0.130. The molecule has 0 aromatic heterocycles. The third kappa shape index (κ3) is 3.69. The molecule has 1 heterocycles. The van der Waals surface area contributed by atoms with Crippen molar-refractivity contribution in [2.24, 2.45) is 5.92 Å². The number of amides is 1. The van der Waals surface area contributed by atoms with E-state index in [2.05, 4.69) is 24.1 Å². The molecule has 0 aromatic rings. The van der Waals surface area contributed by atoms with Gasteiger partial charge in [0, 0.05) is 6.54 Å². The van der Waals surface area contributed by atoms with Gasteiger partial charge in [-0.2, -0.15) is 0 Å². The molecule has 2 fully saturated rings.